The van der Waals surface area contributed by atoms with E-state index < -0.39 is 0 Å². The van der Waals surface area contributed by atoms with E-state index in [4.69, 9.17) is 0 Å². The van der Waals surface area contributed by atoms with Crippen molar-refractivity contribution >= 4 is 5.91 Å². The SMILES string of the molecule is CCCN(C(=O)c1ncccc1C)C1CC2CCC(C1)N2. The molecule has 2 bridgehead atoms. The number of fused-ring (bicyclic) bond motifs is 2. The van der Waals surface area contributed by atoms with Crippen LogP contribution in [0.15, 0.2) is 18.3 Å². The van der Waals surface area contributed by atoms with E-state index in [0.717, 1.165) is 31.4 Å². The molecule has 1 N–H and O–H groups in total. The lowest BCUT2D eigenvalue weighted by Gasteiger charge is -2.37. The third kappa shape index (κ3) is 2.95. The number of aromatic nitrogens is 1. The van der Waals surface area contributed by atoms with Crippen LogP contribution in [0, 0.1) is 6.92 Å². The van der Waals surface area contributed by atoms with E-state index in [1.807, 2.05) is 19.1 Å². The number of hydrogen-bond acceptors (Lipinski definition) is 3. The van der Waals surface area contributed by atoms with Gasteiger partial charge in [-0.1, -0.05) is 13.0 Å². The first-order valence-corrected chi connectivity index (χ1v) is 8.17. The minimum Gasteiger partial charge on any atom is -0.334 e. The number of piperidine rings is 1. The number of nitrogens with zero attached hydrogens (tertiary/aromatic N) is 2. The zero-order valence-corrected chi connectivity index (χ0v) is 13.0. The maximum atomic E-state index is 12.9. The normalized spacial score (nSPS) is 27.6. The lowest BCUT2D eigenvalue weighted by atomic mass is 9.97. The van der Waals surface area contributed by atoms with Crippen molar-refractivity contribution in [1.82, 2.24) is 15.2 Å². The quantitative estimate of drug-likeness (QED) is 0.925. The van der Waals surface area contributed by atoms with E-state index in [1.165, 1.54) is 12.8 Å². The number of nitrogens with one attached hydrogen (secondary N) is 1. The van der Waals surface area contributed by atoms with Gasteiger partial charge in [-0.2, -0.15) is 0 Å². The molecule has 0 aliphatic carbocycles. The van der Waals surface area contributed by atoms with Crippen LogP contribution in [-0.2, 0) is 0 Å². The zero-order valence-electron chi connectivity index (χ0n) is 13.0. The predicted octanol–water partition coefficient (Wildman–Crippen LogP) is 2.53. The molecule has 2 aliphatic heterocycles. The first kappa shape index (κ1) is 14.5. The number of pyridine rings is 1. The smallest absolute Gasteiger partial charge is 0.272 e. The summed E-state index contributed by atoms with van der Waals surface area (Å²) in [6.45, 7) is 4.94. The highest BCUT2D eigenvalue weighted by atomic mass is 16.2. The molecule has 0 aromatic carbocycles. The minimum absolute atomic E-state index is 0.112. The summed E-state index contributed by atoms with van der Waals surface area (Å²) in [4.78, 5) is 19.3. The molecular formula is C17H25N3O. The second-order valence-electron chi connectivity index (χ2n) is 6.43. The molecule has 3 heterocycles. The first-order valence-electron chi connectivity index (χ1n) is 8.17. The maximum absolute atomic E-state index is 12.9. The van der Waals surface area contributed by atoms with Crippen LogP contribution < -0.4 is 5.32 Å². The number of aryl methyl sites for hydroxylation is 1. The maximum Gasteiger partial charge on any atom is 0.272 e. The van der Waals surface area contributed by atoms with Crippen LogP contribution >= 0.6 is 0 Å². The van der Waals surface area contributed by atoms with Gasteiger partial charge in [-0.3, -0.25) is 9.78 Å². The Balaban J connectivity index is 1.81. The molecule has 21 heavy (non-hydrogen) atoms. The van der Waals surface area contributed by atoms with Crippen LogP contribution in [-0.4, -0.2) is 40.5 Å². The van der Waals surface area contributed by atoms with Crippen LogP contribution in [0.5, 0.6) is 0 Å². The Morgan fingerprint density at radius 1 is 1.38 bits per heavy atom. The average molecular weight is 287 g/mol. The summed E-state index contributed by atoms with van der Waals surface area (Å²) in [5, 5.41) is 3.65. The van der Waals surface area contributed by atoms with E-state index in [-0.39, 0.29) is 5.91 Å². The summed E-state index contributed by atoms with van der Waals surface area (Å²) in [6.07, 6.45) is 7.42. The molecule has 4 nitrogen and oxygen atoms in total. The van der Waals surface area contributed by atoms with Crippen molar-refractivity contribution in [3.8, 4) is 0 Å². The van der Waals surface area contributed by atoms with Gasteiger partial charge in [-0.25, -0.2) is 0 Å². The van der Waals surface area contributed by atoms with Crippen LogP contribution in [0.2, 0.25) is 0 Å². The Morgan fingerprint density at radius 3 is 2.71 bits per heavy atom. The number of carbonyl (C=O) groups excluding carboxylic acids is 1. The molecular weight excluding hydrogens is 262 g/mol. The third-order valence-electron chi connectivity index (χ3n) is 4.83. The molecule has 114 valence electrons. The highest BCUT2D eigenvalue weighted by Crippen LogP contribution is 2.30. The Hall–Kier alpha value is -1.42. The summed E-state index contributed by atoms with van der Waals surface area (Å²) in [7, 11) is 0. The summed E-state index contributed by atoms with van der Waals surface area (Å²) in [5.41, 5.74) is 1.59. The van der Waals surface area contributed by atoms with Crippen molar-refractivity contribution in [2.75, 3.05) is 6.54 Å². The van der Waals surface area contributed by atoms with Crippen molar-refractivity contribution in [3.05, 3.63) is 29.6 Å². The molecule has 4 heteroatoms. The van der Waals surface area contributed by atoms with Crippen molar-refractivity contribution < 1.29 is 4.79 Å². The lowest BCUT2D eigenvalue weighted by molar-refractivity contribution is 0.0610. The molecule has 1 amide bonds. The van der Waals surface area contributed by atoms with Gasteiger partial charge in [0.05, 0.1) is 0 Å². The third-order valence-corrected chi connectivity index (χ3v) is 4.83. The number of carbonyl (C=O) groups is 1. The van der Waals surface area contributed by atoms with Crippen LogP contribution in [0.3, 0.4) is 0 Å². The highest BCUT2D eigenvalue weighted by molar-refractivity contribution is 5.93. The summed E-state index contributed by atoms with van der Waals surface area (Å²) >= 11 is 0. The van der Waals surface area contributed by atoms with E-state index in [2.05, 4.69) is 22.1 Å². The Kier molecular flexibility index (Phi) is 4.24. The molecule has 2 atom stereocenters. The Labute approximate surface area is 126 Å². The van der Waals surface area contributed by atoms with E-state index in [0.29, 0.717) is 23.8 Å². The number of amides is 1. The van der Waals surface area contributed by atoms with Crippen molar-refractivity contribution in [1.29, 1.82) is 0 Å². The predicted molar refractivity (Wildman–Crippen MR) is 83.3 cm³/mol. The first-order chi connectivity index (χ1) is 10.2. The lowest BCUT2D eigenvalue weighted by Crippen LogP contribution is -2.50. The molecule has 1 aromatic heterocycles. The largest absolute Gasteiger partial charge is 0.334 e. The summed E-state index contributed by atoms with van der Waals surface area (Å²) in [6, 6.07) is 5.44. The highest BCUT2D eigenvalue weighted by Gasteiger charge is 2.37. The molecule has 2 unspecified atom stereocenters. The molecule has 0 spiro atoms. The minimum atomic E-state index is 0.112. The molecule has 2 fully saturated rings. The standard InChI is InChI=1S/C17H25N3O/c1-3-9-20(15-10-13-6-7-14(11-15)19-13)17(21)16-12(2)5-4-8-18-16/h4-5,8,13-15,19H,3,6-7,9-11H2,1-2H3. The van der Waals surface area contributed by atoms with Gasteiger partial charge < -0.3 is 10.2 Å². The molecule has 0 saturated carbocycles. The van der Waals surface area contributed by atoms with Gasteiger partial charge >= 0.3 is 0 Å². The van der Waals surface area contributed by atoms with Crippen molar-refractivity contribution in [2.45, 2.75) is 64.1 Å². The van der Waals surface area contributed by atoms with Gasteiger partial charge in [0, 0.05) is 30.9 Å². The fraction of sp³-hybridized carbons (Fsp3) is 0.647. The van der Waals surface area contributed by atoms with Gasteiger partial charge in [-0.05, 0) is 50.7 Å². The average Bonchev–Trinajstić information content (AvgIpc) is 2.83. The number of rotatable bonds is 4. The van der Waals surface area contributed by atoms with Crippen LogP contribution in [0.1, 0.15) is 55.1 Å². The number of hydrogen-bond donors (Lipinski definition) is 1. The zero-order chi connectivity index (χ0) is 14.8. The Bertz CT molecular complexity index is 505. The summed E-state index contributed by atoms with van der Waals surface area (Å²) in [5.74, 6) is 0.112. The van der Waals surface area contributed by atoms with E-state index in [1.54, 1.807) is 6.20 Å². The Morgan fingerprint density at radius 2 is 2.10 bits per heavy atom. The van der Waals surface area contributed by atoms with Gasteiger partial charge in [0.1, 0.15) is 5.69 Å². The topological polar surface area (TPSA) is 45.2 Å². The fourth-order valence-electron chi connectivity index (χ4n) is 3.82. The molecule has 2 aliphatic rings. The van der Waals surface area contributed by atoms with Gasteiger partial charge in [-0.15, -0.1) is 0 Å². The monoisotopic (exact) mass is 287 g/mol. The van der Waals surface area contributed by atoms with Gasteiger partial charge in [0.15, 0.2) is 0 Å². The second-order valence-corrected chi connectivity index (χ2v) is 6.43. The van der Waals surface area contributed by atoms with E-state index in [9.17, 15) is 4.79 Å². The van der Waals surface area contributed by atoms with Crippen molar-refractivity contribution in [3.63, 3.8) is 0 Å². The van der Waals surface area contributed by atoms with Gasteiger partial charge in [0.2, 0.25) is 0 Å². The van der Waals surface area contributed by atoms with Crippen molar-refractivity contribution in [2.24, 2.45) is 0 Å². The molecule has 2 saturated heterocycles. The van der Waals surface area contributed by atoms with Crippen LogP contribution in [0.4, 0.5) is 0 Å². The van der Waals surface area contributed by atoms with Gasteiger partial charge in [0.25, 0.3) is 5.91 Å². The summed E-state index contributed by atoms with van der Waals surface area (Å²) < 4.78 is 0. The molecule has 3 rings (SSSR count). The molecule has 1 aromatic rings. The fourth-order valence-corrected chi connectivity index (χ4v) is 3.82. The van der Waals surface area contributed by atoms with Crippen LogP contribution in [0.25, 0.3) is 0 Å². The second kappa shape index (κ2) is 6.14. The van der Waals surface area contributed by atoms with E-state index >= 15 is 0 Å². The molecule has 0 radical (unpaired) electrons.